The van der Waals surface area contributed by atoms with Crippen LogP contribution in [0.25, 0.3) is 0 Å². The lowest BCUT2D eigenvalue weighted by Crippen LogP contribution is -2.47. The number of benzene rings is 2. The lowest BCUT2D eigenvalue weighted by atomic mass is 10.2. The van der Waals surface area contributed by atoms with Crippen molar-refractivity contribution in [3.63, 3.8) is 0 Å². The first-order valence-electron chi connectivity index (χ1n) is 14.2. The SMILES string of the molecule is Cc1cn(Cc2ccccc2)c(=O)n(CCCN2CCN(c3ccc(F)cc3OCC(F)(F)F)CC2)c1=O.O=C(O)/C=C/C(=O)O. The van der Waals surface area contributed by atoms with E-state index in [2.05, 4.69) is 4.90 Å². The van der Waals surface area contributed by atoms with Gasteiger partial charge in [-0.3, -0.25) is 18.8 Å². The summed E-state index contributed by atoms with van der Waals surface area (Å²) in [5.74, 6) is -3.32. The summed E-state index contributed by atoms with van der Waals surface area (Å²) in [6.07, 6.45) is -1.23. The van der Waals surface area contributed by atoms with Gasteiger partial charge in [0.05, 0.1) is 12.2 Å². The summed E-state index contributed by atoms with van der Waals surface area (Å²) in [4.78, 5) is 48.8. The third-order valence-electron chi connectivity index (χ3n) is 6.86. The lowest BCUT2D eigenvalue weighted by Gasteiger charge is -2.36. The minimum Gasteiger partial charge on any atom is -0.482 e. The molecule has 2 heterocycles. The molecule has 0 aliphatic carbocycles. The predicted molar refractivity (Wildman–Crippen MR) is 161 cm³/mol. The van der Waals surface area contributed by atoms with Crippen LogP contribution in [-0.2, 0) is 22.7 Å². The molecular formula is C31H34F4N4O7. The van der Waals surface area contributed by atoms with Gasteiger partial charge in [0.1, 0.15) is 11.6 Å². The summed E-state index contributed by atoms with van der Waals surface area (Å²) in [6.45, 7) is 3.78. The molecule has 0 saturated carbocycles. The third kappa shape index (κ3) is 11.2. The van der Waals surface area contributed by atoms with Crippen LogP contribution in [0.5, 0.6) is 5.75 Å². The highest BCUT2D eigenvalue weighted by Gasteiger charge is 2.29. The predicted octanol–water partition coefficient (Wildman–Crippen LogP) is 3.37. The summed E-state index contributed by atoms with van der Waals surface area (Å²) >= 11 is 0. The molecule has 0 atom stereocenters. The van der Waals surface area contributed by atoms with E-state index in [1.54, 1.807) is 17.7 Å². The van der Waals surface area contributed by atoms with Gasteiger partial charge in [-0.1, -0.05) is 30.3 Å². The van der Waals surface area contributed by atoms with Crippen LogP contribution in [0.3, 0.4) is 0 Å². The number of hydrogen-bond donors (Lipinski definition) is 2. The number of carbonyl (C=O) groups is 2. The zero-order chi connectivity index (χ0) is 33.9. The van der Waals surface area contributed by atoms with Crippen LogP contribution >= 0.6 is 0 Å². The molecule has 0 bridgehead atoms. The molecule has 1 fully saturated rings. The first-order valence-corrected chi connectivity index (χ1v) is 14.2. The molecule has 3 aromatic rings. The number of halogens is 4. The number of anilines is 1. The molecule has 1 aliphatic rings. The van der Waals surface area contributed by atoms with Gasteiger partial charge in [0, 0.05) is 62.7 Å². The topological polar surface area (TPSA) is 134 Å². The number of carboxylic acid groups (broad SMARTS) is 2. The van der Waals surface area contributed by atoms with Crippen molar-refractivity contribution in [3.05, 3.63) is 105 Å². The Hall–Kier alpha value is -4.92. The van der Waals surface area contributed by atoms with Crippen molar-refractivity contribution in [1.29, 1.82) is 0 Å². The molecule has 0 radical (unpaired) electrons. The molecule has 248 valence electrons. The standard InChI is InChI=1S/C27H30F4N4O3.C4H4O4/c1-20-17-34(18-21-6-3-2-4-7-21)26(37)35(25(20)36)11-5-10-32-12-14-33(15-13-32)23-9-8-22(28)16-24(23)38-19-27(29,30)31;5-3(6)1-2-4(7)8/h2-4,6-9,16-17H,5,10-15,18-19H2,1H3;1-2H,(H,5,6)(H,7,8)/b;2-1+. The van der Waals surface area contributed by atoms with Crippen LogP contribution in [-0.4, -0.2) is 81.7 Å². The number of rotatable bonds is 11. The number of aliphatic carboxylic acids is 2. The number of ether oxygens (including phenoxy) is 1. The molecule has 1 aromatic heterocycles. The highest BCUT2D eigenvalue weighted by Crippen LogP contribution is 2.31. The molecule has 11 nitrogen and oxygen atoms in total. The van der Waals surface area contributed by atoms with Crippen LogP contribution in [0.1, 0.15) is 17.5 Å². The maximum absolute atomic E-state index is 13.7. The maximum atomic E-state index is 13.7. The first kappa shape index (κ1) is 35.6. The van der Waals surface area contributed by atoms with Crippen molar-refractivity contribution in [1.82, 2.24) is 14.0 Å². The summed E-state index contributed by atoms with van der Waals surface area (Å²) in [6, 6.07) is 13.1. The number of alkyl halides is 3. The Kier molecular flexibility index (Phi) is 12.7. The minimum atomic E-state index is -4.52. The molecule has 2 N–H and O–H groups in total. The summed E-state index contributed by atoms with van der Waals surface area (Å²) in [5, 5.41) is 15.6. The number of piperazine rings is 1. The van der Waals surface area contributed by atoms with E-state index < -0.39 is 30.5 Å². The highest BCUT2D eigenvalue weighted by atomic mass is 19.4. The Morgan fingerprint density at radius 3 is 2.15 bits per heavy atom. The fourth-order valence-electron chi connectivity index (χ4n) is 4.72. The van der Waals surface area contributed by atoms with E-state index in [0.29, 0.717) is 69.1 Å². The van der Waals surface area contributed by atoms with E-state index in [1.807, 2.05) is 35.2 Å². The van der Waals surface area contributed by atoms with Crippen LogP contribution in [0.15, 0.2) is 76.5 Å². The van der Waals surface area contributed by atoms with E-state index >= 15 is 0 Å². The number of carboxylic acids is 2. The molecule has 15 heteroatoms. The minimum absolute atomic E-state index is 0.138. The zero-order valence-electron chi connectivity index (χ0n) is 25.0. The normalized spacial score (nSPS) is 13.7. The average molecular weight is 651 g/mol. The van der Waals surface area contributed by atoms with E-state index in [-0.39, 0.29) is 23.5 Å². The van der Waals surface area contributed by atoms with E-state index in [9.17, 15) is 36.7 Å². The Morgan fingerprint density at radius 2 is 1.57 bits per heavy atom. The zero-order valence-corrected chi connectivity index (χ0v) is 25.0. The Balaban J connectivity index is 0.000000637. The van der Waals surface area contributed by atoms with Crippen LogP contribution < -0.4 is 20.9 Å². The molecule has 1 saturated heterocycles. The molecule has 0 unspecified atom stereocenters. The van der Waals surface area contributed by atoms with Crippen molar-refractivity contribution in [3.8, 4) is 5.75 Å². The summed E-state index contributed by atoms with van der Waals surface area (Å²) < 4.78 is 59.2. The van der Waals surface area contributed by atoms with Crippen molar-refractivity contribution in [2.24, 2.45) is 0 Å². The second-order valence-corrected chi connectivity index (χ2v) is 10.4. The molecule has 0 spiro atoms. The molecule has 0 amide bonds. The van der Waals surface area contributed by atoms with E-state index in [1.165, 1.54) is 16.7 Å². The van der Waals surface area contributed by atoms with Crippen molar-refractivity contribution >= 4 is 17.6 Å². The van der Waals surface area contributed by atoms with Gasteiger partial charge in [-0.05, 0) is 37.6 Å². The molecule has 1 aliphatic heterocycles. The van der Waals surface area contributed by atoms with Crippen molar-refractivity contribution in [2.45, 2.75) is 32.6 Å². The fourth-order valence-corrected chi connectivity index (χ4v) is 4.72. The lowest BCUT2D eigenvalue weighted by molar-refractivity contribution is -0.153. The largest absolute Gasteiger partial charge is 0.482 e. The monoisotopic (exact) mass is 650 g/mol. The number of aryl methyl sites for hydroxylation is 1. The molecule has 2 aromatic carbocycles. The summed E-state index contributed by atoms with van der Waals surface area (Å²) in [5.41, 5.74) is 1.23. The Labute approximate surface area is 261 Å². The van der Waals surface area contributed by atoms with Crippen LogP contribution in [0.4, 0.5) is 23.2 Å². The fraction of sp³-hybridized carbons (Fsp3) is 0.355. The first-order chi connectivity index (χ1) is 21.7. The van der Waals surface area contributed by atoms with Gasteiger partial charge in [0.25, 0.3) is 5.56 Å². The number of nitrogens with zero attached hydrogens (tertiary/aromatic N) is 4. The molecule has 46 heavy (non-hydrogen) atoms. The second-order valence-electron chi connectivity index (χ2n) is 10.4. The maximum Gasteiger partial charge on any atom is 0.422 e. The summed E-state index contributed by atoms with van der Waals surface area (Å²) in [7, 11) is 0. The van der Waals surface area contributed by atoms with Gasteiger partial charge < -0.3 is 19.8 Å². The van der Waals surface area contributed by atoms with Crippen molar-refractivity contribution < 1.29 is 42.1 Å². The second kappa shape index (κ2) is 16.4. The van der Waals surface area contributed by atoms with Gasteiger partial charge in [-0.15, -0.1) is 0 Å². The van der Waals surface area contributed by atoms with E-state index in [4.69, 9.17) is 14.9 Å². The Morgan fingerprint density at radius 1 is 0.935 bits per heavy atom. The average Bonchev–Trinajstić information content (AvgIpc) is 3.00. The van der Waals surface area contributed by atoms with Crippen LogP contribution in [0, 0.1) is 12.7 Å². The molecule has 4 rings (SSSR count). The number of hydrogen-bond acceptors (Lipinski definition) is 7. The van der Waals surface area contributed by atoms with Crippen molar-refractivity contribution in [2.75, 3.05) is 44.2 Å². The van der Waals surface area contributed by atoms with Crippen LogP contribution in [0.2, 0.25) is 0 Å². The van der Waals surface area contributed by atoms with Gasteiger partial charge in [0.15, 0.2) is 6.61 Å². The quantitative estimate of drug-likeness (QED) is 0.237. The van der Waals surface area contributed by atoms with Gasteiger partial charge in [-0.2, -0.15) is 13.2 Å². The van der Waals surface area contributed by atoms with Gasteiger partial charge in [-0.25, -0.2) is 18.8 Å². The third-order valence-corrected chi connectivity index (χ3v) is 6.86. The van der Waals surface area contributed by atoms with E-state index in [0.717, 1.165) is 11.6 Å². The van der Waals surface area contributed by atoms with Gasteiger partial charge >= 0.3 is 23.8 Å². The Bertz CT molecular complexity index is 1610. The smallest absolute Gasteiger partial charge is 0.422 e. The molecular weight excluding hydrogens is 616 g/mol. The number of aromatic nitrogens is 2. The highest BCUT2D eigenvalue weighted by molar-refractivity contribution is 5.89. The van der Waals surface area contributed by atoms with Gasteiger partial charge in [0.2, 0.25) is 0 Å².